The molecule has 0 aromatic heterocycles. The Labute approximate surface area is 144 Å². The average molecular weight is 343 g/mol. The van der Waals surface area contributed by atoms with E-state index >= 15 is 0 Å². The number of carbonyl (C=O) groups is 1. The molecule has 0 saturated carbocycles. The first-order valence-electron chi connectivity index (χ1n) is 7.31. The molecule has 0 amide bonds. The summed E-state index contributed by atoms with van der Waals surface area (Å²) in [6.45, 7) is 1.39. The summed E-state index contributed by atoms with van der Waals surface area (Å²) in [5.41, 5.74) is 0.913. The lowest BCUT2D eigenvalue weighted by molar-refractivity contribution is -0.422. The SMILES string of the molecule is COc1ccc(C(=O)Oc2ccc(/C=C(/C)[N+](=O)[O-])cc2OC)cc1. The van der Waals surface area contributed by atoms with E-state index in [1.807, 2.05) is 0 Å². The van der Waals surface area contributed by atoms with E-state index in [1.165, 1.54) is 33.3 Å². The third-order valence-corrected chi connectivity index (χ3v) is 3.38. The largest absolute Gasteiger partial charge is 0.497 e. The van der Waals surface area contributed by atoms with Crippen LogP contribution in [0.2, 0.25) is 0 Å². The van der Waals surface area contributed by atoms with Gasteiger partial charge in [0.25, 0.3) is 0 Å². The van der Waals surface area contributed by atoms with E-state index in [1.54, 1.807) is 36.4 Å². The first-order chi connectivity index (χ1) is 11.9. The molecule has 7 nitrogen and oxygen atoms in total. The third kappa shape index (κ3) is 4.57. The molecule has 0 fully saturated rings. The standard InChI is InChI=1S/C18H17NO6/c1-12(19(21)22)10-13-4-9-16(17(11-13)24-3)25-18(20)14-5-7-15(23-2)8-6-14/h4-11H,1-3H3/b12-10-. The van der Waals surface area contributed by atoms with Crippen LogP contribution >= 0.6 is 0 Å². The molecule has 2 rings (SSSR count). The van der Waals surface area contributed by atoms with E-state index in [9.17, 15) is 14.9 Å². The number of hydrogen-bond acceptors (Lipinski definition) is 6. The summed E-state index contributed by atoms with van der Waals surface area (Å²) in [6.07, 6.45) is 1.40. The van der Waals surface area contributed by atoms with Gasteiger partial charge in [-0.1, -0.05) is 6.07 Å². The maximum absolute atomic E-state index is 12.2. The van der Waals surface area contributed by atoms with Gasteiger partial charge in [-0.05, 0) is 42.0 Å². The zero-order valence-corrected chi connectivity index (χ0v) is 14.0. The summed E-state index contributed by atoms with van der Waals surface area (Å²) in [4.78, 5) is 22.4. The Hall–Kier alpha value is -3.35. The van der Waals surface area contributed by atoms with Gasteiger partial charge in [-0.2, -0.15) is 0 Å². The minimum absolute atomic E-state index is 0.00923. The first kappa shape index (κ1) is 18.0. The maximum Gasteiger partial charge on any atom is 0.343 e. The Balaban J connectivity index is 2.22. The molecule has 0 N–H and O–H groups in total. The Morgan fingerprint density at radius 2 is 1.72 bits per heavy atom. The van der Waals surface area contributed by atoms with Gasteiger partial charge < -0.3 is 14.2 Å². The van der Waals surface area contributed by atoms with Gasteiger partial charge >= 0.3 is 5.97 Å². The molecule has 0 heterocycles. The molecule has 0 unspecified atom stereocenters. The Kier molecular flexibility index (Phi) is 5.73. The minimum atomic E-state index is -0.550. The zero-order chi connectivity index (χ0) is 18.4. The number of ether oxygens (including phenoxy) is 3. The smallest absolute Gasteiger partial charge is 0.343 e. The lowest BCUT2D eigenvalue weighted by atomic mass is 10.1. The van der Waals surface area contributed by atoms with Crippen molar-refractivity contribution >= 4 is 12.0 Å². The summed E-state index contributed by atoms with van der Waals surface area (Å²) < 4.78 is 15.6. The number of methoxy groups -OCH3 is 2. The van der Waals surface area contributed by atoms with Gasteiger partial charge in [0, 0.05) is 13.0 Å². The van der Waals surface area contributed by atoms with Crippen LogP contribution in [0, 0.1) is 10.1 Å². The number of nitrogens with zero attached hydrogens (tertiary/aromatic N) is 1. The van der Waals surface area contributed by atoms with Crippen molar-refractivity contribution in [2.24, 2.45) is 0 Å². The monoisotopic (exact) mass is 343 g/mol. The van der Waals surface area contributed by atoms with E-state index in [2.05, 4.69) is 0 Å². The van der Waals surface area contributed by atoms with Crippen LogP contribution in [0.25, 0.3) is 6.08 Å². The second-order valence-corrected chi connectivity index (χ2v) is 5.07. The fraction of sp³-hybridized carbons (Fsp3) is 0.167. The van der Waals surface area contributed by atoms with Gasteiger partial charge in [0.15, 0.2) is 11.5 Å². The number of benzene rings is 2. The molecule has 0 aliphatic carbocycles. The number of hydrogen-bond donors (Lipinski definition) is 0. The fourth-order valence-electron chi connectivity index (χ4n) is 2.04. The summed E-state index contributed by atoms with van der Waals surface area (Å²) in [5.74, 6) is 0.600. The molecule has 0 saturated heterocycles. The van der Waals surface area contributed by atoms with Crippen molar-refractivity contribution in [3.63, 3.8) is 0 Å². The molecule has 0 aliphatic heterocycles. The topological polar surface area (TPSA) is 87.9 Å². The number of esters is 1. The van der Waals surface area contributed by atoms with Gasteiger partial charge in [0.1, 0.15) is 5.75 Å². The van der Waals surface area contributed by atoms with Crippen LogP contribution < -0.4 is 14.2 Å². The number of nitro groups is 1. The Morgan fingerprint density at radius 3 is 2.28 bits per heavy atom. The summed E-state index contributed by atoms with van der Waals surface area (Å²) >= 11 is 0. The third-order valence-electron chi connectivity index (χ3n) is 3.38. The molecule has 0 aliphatic rings. The predicted molar refractivity (Wildman–Crippen MR) is 91.6 cm³/mol. The number of rotatable bonds is 6. The minimum Gasteiger partial charge on any atom is -0.497 e. The molecule has 25 heavy (non-hydrogen) atoms. The lowest BCUT2D eigenvalue weighted by Crippen LogP contribution is -2.09. The van der Waals surface area contributed by atoms with Gasteiger partial charge in [0.2, 0.25) is 5.70 Å². The van der Waals surface area contributed by atoms with Crippen LogP contribution in [-0.4, -0.2) is 25.1 Å². The van der Waals surface area contributed by atoms with Crippen LogP contribution in [0.1, 0.15) is 22.8 Å². The molecule has 2 aromatic rings. The molecule has 0 radical (unpaired) electrons. The normalized spacial score (nSPS) is 10.9. The molecular formula is C18H17NO6. The van der Waals surface area contributed by atoms with Gasteiger partial charge in [-0.25, -0.2) is 4.79 Å². The maximum atomic E-state index is 12.2. The second kappa shape index (κ2) is 7.96. The molecule has 0 bridgehead atoms. The van der Waals surface area contributed by atoms with Crippen LogP contribution in [0.5, 0.6) is 17.2 Å². The van der Waals surface area contributed by atoms with Gasteiger partial charge in [-0.15, -0.1) is 0 Å². The quantitative estimate of drug-likeness (QED) is 0.345. The predicted octanol–water partition coefficient (Wildman–Crippen LogP) is 3.56. The number of carbonyl (C=O) groups excluding carboxylic acids is 1. The summed E-state index contributed by atoms with van der Waals surface area (Å²) in [5, 5.41) is 10.7. The molecular weight excluding hydrogens is 326 g/mol. The van der Waals surface area contributed by atoms with E-state index < -0.39 is 10.9 Å². The second-order valence-electron chi connectivity index (χ2n) is 5.07. The highest BCUT2D eigenvalue weighted by molar-refractivity contribution is 5.91. The van der Waals surface area contributed by atoms with Gasteiger partial charge in [-0.3, -0.25) is 10.1 Å². The van der Waals surface area contributed by atoms with Crippen molar-refractivity contribution in [1.29, 1.82) is 0 Å². The molecule has 0 spiro atoms. The highest BCUT2D eigenvalue weighted by atomic mass is 16.6. The molecule has 130 valence electrons. The van der Waals surface area contributed by atoms with Crippen molar-refractivity contribution in [3.05, 3.63) is 69.4 Å². The van der Waals surface area contributed by atoms with Crippen molar-refractivity contribution in [2.45, 2.75) is 6.92 Å². The van der Waals surface area contributed by atoms with Crippen LogP contribution in [0.3, 0.4) is 0 Å². The van der Waals surface area contributed by atoms with E-state index in [0.717, 1.165) is 0 Å². The van der Waals surface area contributed by atoms with Crippen molar-refractivity contribution < 1.29 is 23.9 Å². The van der Waals surface area contributed by atoms with Gasteiger partial charge in [0.05, 0.1) is 24.7 Å². The van der Waals surface area contributed by atoms with E-state index in [-0.39, 0.29) is 11.4 Å². The summed E-state index contributed by atoms with van der Waals surface area (Å²) in [6, 6.07) is 11.2. The highest BCUT2D eigenvalue weighted by Gasteiger charge is 2.13. The first-order valence-corrected chi connectivity index (χ1v) is 7.31. The molecule has 2 aromatic carbocycles. The van der Waals surface area contributed by atoms with Crippen molar-refractivity contribution in [1.82, 2.24) is 0 Å². The number of allylic oxidation sites excluding steroid dienone is 1. The van der Waals surface area contributed by atoms with E-state index in [4.69, 9.17) is 14.2 Å². The van der Waals surface area contributed by atoms with Crippen LogP contribution in [0.15, 0.2) is 48.2 Å². The Bertz CT molecular complexity index is 811. The summed E-state index contributed by atoms with van der Waals surface area (Å²) in [7, 11) is 2.96. The Morgan fingerprint density at radius 1 is 1.04 bits per heavy atom. The highest BCUT2D eigenvalue weighted by Crippen LogP contribution is 2.30. The van der Waals surface area contributed by atoms with Crippen molar-refractivity contribution in [3.8, 4) is 17.2 Å². The fourth-order valence-corrected chi connectivity index (χ4v) is 2.04. The lowest BCUT2D eigenvalue weighted by Gasteiger charge is -2.10. The van der Waals surface area contributed by atoms with Crippen molar-refractivity contribution in [2.75, 3.05) is 14.2 Å². The van der Waals surface area contributed by atoms with Crippen LogP contribution in [0.4, 0.5) is 0 Å². The average Bonchev–Trinajstić information content (AvgIpc) is 2.62. The van der Waals surface area contributed by atoms with E-state index in [0.29, 0.717) is 22.6 Å². The van der Waals surface area contributed by atoms with Crippen LogP contribution in [-0.2, 0) is 0 Å². The molecule has 7 heteroatoms. The molecule has 0 atom stereocenters. The zero-order valence-electron chi connectivity index (χ0n) is 14.0.